The highest BCUT2D eigenvalue weighted by Crippen LogP contribution is 2.39. The summed E-state index contributed by atoms with van der Waals surface area (Å²) in [7, 11) is -6.36. The molecule has 10 heteroatoms. The summed E-state index contributed by atoms with van der Waals surface area (Å²) < 4.78 is 27.4. The van der Waals surface area contributed by atoms with Gasteiger partial charge in [-0.05, 0) is 54.4 Å². The van der Waals surface area contributed by atoms with Crippen LogP contribution >= 0.6 is 0 Å². The number of rotatable bonds is 17. The summed E-state index contributed by atoms with van der Waals surface area (Å²) in [6.45, 7) is 19.9. The largest absolute Gasteiger partial charge is 0.479 e. The number of carboxylic acids is 1. The highest BCUT2D eigenvalue weighted by atomic mass is 28.4. The van der Waals surface area contributed by atoms with Gasteiger partial charge in [-0.1, -0.05) is 62.3 Å². The smallest absolute Gasteiger partial charge is 0.335 e. The van der Waals surface area contributed by atoms with Crippen molar-refractivity contribution in [1.29, 1.82) is 0 Å². The van der Waals surface area contributed by atoms with Gasteiger partial charge in [0.1, 0.15) is 18.3 Å². The van der Waals surface area contributed by atoms with E-state index in [0.29, 0.717) is 0 Å². The average Bonchev–Trinajstić information content (AvgIpc) is 2.90. The number of ether oxygens (including phenoxy) is 1. The second-order valence-electron chi connectivity index (χ2n) is 10.1. The van der Waals surface area contributed by atoms with Gasteiger partial charge in [-0.2, -0.15) is 0 Å². The Kier molecular flexibility index (Phi) is 13.9. The maximum atomic E-state index is 12.6. The molecule has 1 heterocycles. The molecular formula is C25H55NO6Si3. The molecule has 0 aromatic heterocycles. The molecule has 0 aromatic carbocycles. The molecule has 1 saturated heterocycles. The van der Waals surface area contributed by atoms with Crippen molar-refractivity contribution in [3.05, 3.63) is 0 Å². The van der Waals surface area contributed by atoms with E-state index in [2.05, 4.69) is 62.3 Å². The molecule has 1 rings (SSSR count). The molecule has 1 aliphatic heterocycles. The molecular weight excluding hydrogens is 495 g/mol. The SMILES string of the molecule is CC[Si](CC)(CC)O[C@H]1[C@@H](O[Si](CC)(CC)CC)[C@@H](CN)O[C@@H](C(=O)O)[C@@H]1O[Si](CC)(CC)CC. The minimum atomic E-state index is -2.17. The van der Waals surface area contributed by atoms with Crippen LogP contribution in [0.1, 0.15) is 62.3 Å². The molecule has 0 aliphatic carbocycles. The fourth-order valence-corrected chi connectivity index (χ4v) is 14.1. The van der Waals surface area contributed by atoms with Crippen molar-refractivity contribution in [2.75, 3.05) is 6.54 Å². The standard InChI is InChI=1S/C25H55NO6Si3/c1-10-33(11-2,12-3)30-21-20(19-26)29-24(25(27)28)23(32-35(16-7,17-8)18-9)22(21)31-34(13-4,14-5)15-6/h20-24H,10-19,26H2,1-9H3,(H,27,28)/t20-,21+,22+,23-,24-/m1/s1. The Morgan fingerprint density at radius 3 is 1.26 bits per heavy atom. The predicted molar refractivity (Wildman–Crippen MR) is 152 cm³/mol. The number of nitrogens with two attached hydrogens (primary N) is 1. The van der Waals surface area contributed by atoms with Gasteiger partial charge in [-0.25, -0.2) is 4.79 Å². The molecule has 35 heavy (non-hydrogen) atoms. The molecule has 0 amide bonds. The van der Waals surface area contributed by atoms with Crippen LogP contribution in [0, 0.1) is 0 Å². The zero-order valence-electron chi connectivity index (χ0n) is 24.0. The summed E-state index contributed by atoms with van der Waals surface area (Å²) in [6, 6.07) is 8.66. The topological polar surface area (TPSA) is 100 Å². The number of carbonyl (C=O) groups is 1. The Balaban J connectivity index is 3.74. The zero-order valence-corrected chi connectivity index (χ0v) is 27.0. The van der Waals surface area contributed by atoms with Crippen LogP contribution < -0.4 is 5.73 Å². The molecule has 0 radical (unpaired) electrons. The van der Waals surface area contributed by atoms with Crippen LogP contribution in [0.3, 0.4) is 0 Å². The normalized spacial score (nSPS) is 26.2. The van der Waals surface area contributed by atoms with E-state index in [1.54, 1.807) is 0 Å². The minimum absolute atomic E-state index is 0.194. The van der Waals surface area contributed by atoms with Gasteiger partial charge in [-0.15, -0.1) is 0 Å². The Hall–Kier alpha value is -0.0794. The third-order valence-electron chi connectivity index (χ3n) is 9.07. The Labute approximate surface area is 218 Å². The molecule has 5 atom stereocenters. The lowest BCUT2D eigenvalue weighted by Crippen LogP contribution is -2.68. The maximum absolute atomic E-state index is 12.6. The monoisotopic (exact) mass is 549 g/mol. The molecule has 208 valence electrons. The van der Waals surface area contributed by atoms with Crippen LogP contribution in [-0.4, -0.2) is 73.1 Å². The van der Waals surface area contributed by atoms with Crippen molar-refractivity contribution in [2.24, 2.45) is 5.73 Å². The Morgan fingerprint density at radius 2 is 0.971 bits per heavy atom. The molecule has 0 unspecified atom stereocenters. The zero-order chi connectivity index (χ0) is 26.9. The first-order valence-electron chi connectivity index (χ1n) is 14.2. The molecule has 0 spiro atoms. The Morgan fingerprint density at radius 1 is 0.657 bits per heavy atom. The van der Waals surface area contributed by atoms with Gasteiger partial charge in [0.2, 0.25) is 0 Å². The summed E-state index contributed by atoms with van der Waals surface area (Å²) in [5.41, 5.74) is 6.22. The van der Waals surface area contributed by atoms with Gasteiger partial charge in [0, 0.05) is 6.54 Å². The fourth-order valence-electron chi connectivity index (χ4n) is 5.57. The third-order valence-corrected chi connectivity index (χ3v) is 23.0. The van der Waals surface area contributed by atoms with E-state index < -0.39 is 61.4 Å². The predicted octanol–water partition coefficient (Wildman–Crippen LogP) is 5.97. The molecule has 0 saturated carbocycles. The molecule has 1 aliphatic rings. The third kappa shape index (κ3) is 7.49. The molecule has 0 aromatic rings. The van der Waals surface area contributed by atoms with Crippen LogP contribution in [0.15, 0.2) is 0 Å². The first-order chi connectivity index (χ1) is 16.6. The van der Waals surface area contributed by atoms with Crippen molar-refractivity contribution < 1.29 is 27.9 Å². The van der Waals surface area contributed by atoms with E-state index in [1.807, 2.05) is 0 Å². The van der Waals surface area contributed by atoms with Crippen LogP contribution in [0.25, 0.3) is 0 Å². The molecule has 7 nitrogen and oxygen atoms in total. The lowest BCUT2D eigenvalue weighted by atomic mass is 9.95. The quantitative estimate of drug-likeness (QED) is 0.216. The first kappa shape index (κ1) is 32.9. The molecule has 1 fully saturated rings. The van der Waals surface area contributed by atoms with E-state index in [-0.39, 0.29) is 6.54 Å². The van der Waals surface area contributed by atoms with Gasteiger partial charge in [0.15, 0.2) is 31.1 Å². The van der Waals surface area contributed by atoms with Gasteiger partial charge < -0.3 is 28.9 Å². The van der Waals surface area contributed by atoms with E-state index in [0.717, 1.165) is 54.4 Å². The van der Waals surface area contributed by atoms with Crippen LogP contribution in [0.5, 0.6) is 0 Å². The van der Waals surface area contributed by atoms with E-state index in [4.69, 9.17) is 23.7 Å². The number of hydrogen-bond acceptors (Lipinski definition) is 6. The summed E-state index contributed by atoms with van der Waals surface area (Å²) in [5.74, 6) is -1.01. The van der Waals surface area contributed by atoms with Crippen LogP contribution in [-0.2, 0) is 22.8 Å². The summed E-state index contributed by atoms with van der Waals surface area (Å²) in [6.07, 6.45) is -3.24. The summed E-state index contributed by atoms with van der Waals surface area (Å²) in [5, 5.41) is 10.3. The molecule has 0 bridgehead atoms. The number of aliphatic carboxylic acids is 1. The average molecular weight is 550 g/mol. The van der Waals surface area contributed by atoms with Gasteiger partial charge in [-0.3, -0.25) is 0 Å². The van der Waals surface area contributed by atoms with Crippen molar-refractivity contribution in [1.82, 2.24) is 0 Å². The van der Waals surface area contributed by atoms with Crippen molar-refractivity contribution in [2.45, 2.75) is 147 Å². The van der Waals surface area contributed by atoms with Crippen molar-refractivity contribution in [3.8, 4) is 0 Å². The van der Waals surface area contributed by atoms with Crippen molar-refractivity contribution in [3.63, 3.8) is 0 Å². The number of carboxylic acid groups (broad SMARTS) is 1. The highest BCUT2D eigenvalue weighted by Gasteiger charge is 2.55. The van der Waals surface area contributed by atoms with Crippen LogP contribution in [0.2, 0.25) is 54.4 Å². The van der Waals surface area contributed by atoms with E-state index >= 15 is 0 Å². The minimum Gasteiger partial charge on any atom is -0.479 e. The Bertz CT molecular complexity index is 604. The van der Waals surface area contributed by atoms with Gasteiger partial charge in [0.25, 0.3) is 0 Å². The number of hydrogen-bond donors (Lipinski definition) is 2. The van der Waals surface area contributed by atoms with Gasteiger partial charge >= 0.3 is 5.97 Å². The fraction of sp³-hybridized carbons (Fsp3) is 0.960. The van der Waals surface area contributed by atoms with Gasteiger partial charge in [0.05, 0.1) is 6.10 Å². The lowest BCUT2D eigenvalue weighted by Gasteiger charge is -2.52. The van der Waals surface area contributed by atoms with E-state index in [9.17, 15) is 9.90 Å². The maximum Gasteiger partial charge on any atom is 0.335 e. The second-order valence-corrected chi connectivity index (χ2v) is 24.3. The summed E-state index contributed by atoms with van der Waals surface area (Å²) in [4.78, 5) is 12.6. The van der Waals surface area contributed by atoms with Crippen LogP contribution in [0.4, 0.5) is 0 Å². The lowest BCUT2D eigenvalue weighted by molar-refractivity contribution is -0.215. The van der Waals surface area contributed by atoms with Crippen molar-refractivity contribution >= 4 is 30.9 Å². The highest BCUT2D eigenvalue weighted by molar-refractivity contribution is 6.74. The second kappa shape index (κ2) is 14.8. The molecule has 3 N–H and O–H groups in total. The van der Waals surface area contributed by atoms with E-state index in [1.165, 1.54) is 0 Å². The summed E-state index contributed by atoms with van der Waals surface area (Å²) >= 11 is 0. The first-order valence-corrected chi connectivity index (χ1v) is 21.8.